The first-order chi connectivity index (χ1) is 11.8. The Morgan fingerprint density at radius 2 is 1.54 bits per heavy atom. The molecule has 0 saturated heterocycles. The molecule has 0 bridgehead atoms. The predicted molar refractivity (Wildman–Crippen MR) is 85.6 cm³/mol. The Balaban J connectivity index is 1.89. The average Bonchev–Trinajstić information content (AvgIpc) is 2.67. The van der Waals surface area contributed by atoms with Crippen LogP contribution in [0.1, 0.15) is 15.9 Å². The van der Waals surface area contributed by atoms with E-state index in [0.29, 0.717) is 23.7 Å². The molecule has 1 aromatic carbocycles. The molecule has 1 amide bonds. The van der Waals surface area contributed by atoms with E-state index in [1.54, 1.807) is 66.9 Å². The molecule has 0 unspecified atom stereocenters. The van der Waals surface area contributed by atoms with E-state index in [1.165, 1.54) is 0 Å². The molecule has 0 aliphatic carbocycles. The Bertz CT molecular complexity index is 756. The normalized spacial score (nSPS) is 10.2. The molecule has 24 heavy (non-hydrogen) atoms. The van der Waals surface area contributed by atoms with Gasteiger partial charge in [-0.2, -0.15) is 0 Å². The van der Waals surface area contributed by atoms with Crippen molar-refractivity contribution in [2.24, 2.45) is 0 Å². The molecule has 0 fully saturated rings. The number of carbonyl (C=O) groups excluding carboxylic acids is 1. The molecule has 8 nitrogen and oxygen atoms in total. The first-order valence-electron chi connectivity index (χ1n) is 7.11. The minimum atomic E-state index is -0.554. The Hall–Kier alpha value is -3.39. The second-order valence-electron chi connectivity index (χ2n) is 4.85. The van der Waals surface area contributed by atoms with Gasteiger partial charge < -0.3 is 4.90 Å². The van der Waals surface area contributed by atoms with Crippen molar-refractivity contribution < 1.29 is 10.0 Å². The summed E-state index contributed by atoms with van der Waals surface area (Å²) in [5, 5.41) is 8.66. The van der Waals surface area contributed by atoms with Crippen LogP contribution in [0.4, 0.5) is 11.6 Å². The van der Waals surface area contributed by atoms with Gasteiger partial charge in [0.2, 0.25) is 0 Å². The SMILES string of the molecule is O=C(NO)c1ccc(CN(c2cnccn2)c2cnccn2)cc1. The molecule has 0 aliphatic heterocycles. The van der Waals surface area contributed by atoms with E-state index in [2.05, 4.69) is 19.9 Å². The first kappa shape index (κ1) is 15.5. The van der Waals surface area contributed by atoms with Crippen molar-refractivity contribution in [2.75, 3.05) is 4.90 Å². The van der Waals surface area contributed by atoms with Gasteiger partial charge in [0.25, 0.3) is 5.91 Å². The number of anilines is 2. The zero-order chi connectivity index (χ0) is 16.8. The van der Waals surface area contributed by atoms with Gasteiger partial charge in [-0.3, -0.25) is 20.0 Å². The van der Waals surface area contributed by atoms with E-state index in [1.807, 2.05) is 4.90 Å². The summed E-state index contributed by atoms with van der Waals surface area (Å²) < 4.78 is 0. The summed E-state index contributed by atoms with van der Waals surface area (Å²) >= 11 is 0. The van der Waals surface area contributed by atoms with Gasteiger partial charge in [-0.05, 0) is 17.7 Å². The monoisotopic (exact) mass is 322 g/mol. The second-order valence-corrected chi connectivity index (χ2v) is 4.85. The summed E-state index contributed by atoms with van der Waals surface area (Å²) in [7, 11) is 0. The first-order valence-corrected chi connectivity index (χ1v) is 7.11. The van der Waals surface area contributed by atoms with Crippen LogP contribution >= 0.6 is 0 Å². The third kappa shape index (κ3) is 3.50. The van der Waals surface area contributed by atoms with Gasteiger partial charge in [-0.25, -0.2) is 15.4 Å². The highest BCUT2D eigenvalue weighted by Crippen LogP contribution is 2.22. The molecule has 0 aliphatic rings. The number of nitrogens with zero attached hydrogens (tertiary/aromatic N) is 5. The predicted octanol–water partition coefficient (Wildman–Crippen LogP) is 1.72. The van der Waals surface area contributed by atoms with E-state index >= 15 is 0 Å². The number of aromatic nitrogens is 4. The number of hydroxylamine groups is 1. The van der Waals surface area contributed by atoms with Crippen molar-refractivity contribution in [3.8, 4) is 0 Å². The zero-order valence-electron chi connectivity index (χ0n) is 12.6. The Labute approximate surface area is 137 Å². The van der Waals surface area contributed by atoms with Crippen LogP contribution in [0, 0.1) is 0 Å². The summed E-state index contributed by atoms with van der Waals surface area (Å²) in [5.74, 6) is 0.714. The fourth-order valence-corrected chi connectivity index (χ4v) is 2.15. The lowest BCUT2D eigenvalue weighted by Crippen LogP contribution is -2.20. The maximum absolute atomic E-state index is 11.4. The van der Waals surface area contributed by atoms with Crippen molar-refractivity contribution in [3.05, 3.63) is 72.6 Å². The number of benzene rings is 1. The average molecular weight is 322 g/mol. The molecule has 3 rings (SSSR count). The molecule has 2 aromatic heterocycles. The molecule has 2 N–H and O–H groups in total. The van der Waals surface area contributed by atoms with Crippen molar-refractivity contribution in [3.63, 3.8) is 0 Å². The van der Waals surface area contributed by atoms with Crippen LogP contribution in [0.15, 0.2) is 61.4 Å². The maximum atomic E-state index is 11.4. The smallest absolute Gasteiger partial charge is 0.274 e. The van der Waals surface area contributed by atoms with Gasteiger partial charge in [0.1, 0.15) is 0 Å². The molecule has 0 spiro atoms. The zero-order valence-corrected chi connectivity index (χ0v) is 12.6. The van der Waals surface area contributed by atoms with Gasteiger partial charge in [0.15, 0.2) is 11.6 Å². The van der Waals surface area contributed by atoms with Gasteiger partial charge >= 0.3 is 0 Å². The largest absolute Gasteiger partial charge is 0.304 e. The van der Waals surface area contributed by atoms with Crippen LogP contribution in [0.2, 0.25) is 0 Å². The minimum Gasteiger partial charge on any atom is -0.304 e. The highest BCUT2D eigenvalue weighted by atomic mass is 16.5. The summed E-state index contributed by atoms with van der Waals surface area (Å²) in [6, 6.07) is 6.85. The van der Waals surface area contributed by atoms with E-state index < -0.39 is 5.91 Å². The van der Waals surface area contributed by atoms with Gasteiger partial charge in [0, 0.05) is 30.4 Å². The lowest BCUT2D eigenvalue weighted by atomic mass is 10.1. The number of amides is 1. The molecule has 0 atom stereocenters. The topological polar surface area (TPSA) is 104 Å². The minimum absolute atomic E-state index is 0.367. The van der Waals surface area contributed by atoms with E-state index in [4.69, 9.17) is 5.21 Å². The number of hydrogen-bond acceptors (Lipinski definition) is 7. The van der Waals surface area contributed by atoms with Crippen molar-refractivity contribution in [2.45, 2.75) is 6.54 Å². The number of rotatable bonds is 5. The molecule has 3 aromatic rings. The van der Waals surface area contributed by atoms with Crippen molar-refractivity contribution >= 4 is 17.5 Å². The molecule has 0 radical (unpaired) electrons. The summed E-state index contributed by atoms with van der Waals surface area (Å²) in [6.07, 6.45) is 9.69. The third-order valence-corrected chi connectivity index (χ3v) is 3.31. The third-order valence-electron chi connectivity index (χ3n) is 3.31. The van der Waals surface area contributed by atoms with Gasteiger partial charge in [-0.1, -0.05) is 12.1 Å². The van der Waals surface area contributed by atoms with E-state index in [0.717, 1.165) is 5.56 Å². The lowest BCUT2D eigenvalue weighted by Gasteiger charge is -2.22. The number of hydrogen-bond donors (Lipinski definition) is 2. The van der Waals surface area contributed by atoms with Gasteiger partial charge in [-0.15, -0.1) is 0 Å². The number of nitrogens with one attached hydrogen (secondary N) is 1. The van der Waals surface area contributed by atoms with E-state index in [9.17, 15) is 4.79 Å². The summed E-state index contributed by atoms with van der Waals surface area (Å²) in [5.41, 5.74) is 2.91. The Morgan fingerprint density at radius 1 is 0.958 bits per heavy atom. The van der Waals surface area contributed by atoms with Crippen LogP contribution < -0.4 is 10.4 Å². The second kappa shape index (κ2) is 7.25. The van der Waals surface area contributed by atoms with Crippen LogP contribution in [0.5, 0.6) is 0 Å². The number of carbonyl (C=O) groups is 1. The van der Waals surface area contributed by atoms with Crippen molar-refractivity contribution in [1.29, 1.82) is 0 Å². The molecule has 2 heterocycles. The summed E-state index contributed by atoms with van der Waals surface area (Å²) in [6.45, 7) is 0.471. The van der Waals surface area contributed by atoms with Crippen LogP contribution in [0.25, 0.3) is 0 Å². The fourth-order valence-electron chi connectivity index (χ4n) is 2.15. The van der Waals surface area contributed by atoms with Crippen LogP contribution in [0.3, 0.4) is 0 Å². The van der Waals surface area contributed by atoms with Crippen LogP contribution in [-0.2, 0) is 6.54 Å². The molecule has 0 saturated carbocycles. The fraction of sp³-hybridized carbons (Fsp3) is 0.0625. The van der Waals surface area contributed by atoms with E-state index in [-0.39, 0.29) is 0 Å². The highest BCUT2D eigenvalue weighted by Gasteiger charge is 2.13. The standard InChI is InChI=1S/C16H14N6O2/c23-16(21-24)13-3-1-12(2-4-13)11-22(14-9-17-5-7-19-14)15-10-18-6-8-20-15/h1-10,24H,11H2,(H,21,23). The lowest BCUT2D eigenvalue weighted by molar-refractivity contribution is 0.0706. The molecule has 120 valence electrons. The van der Waals surface area contributed by atoms with Crippen molar-refractivity contribution in [1.82, 2.24) is 25.4 Å². The maximum Gasteiger partial charge on any atom is 0.274 e. The highest BCUT2D eigenvalue weighted by molar-refractivity contribution is 5.93. The molecular formula is C16H14N6O2. The quantitative estimate of drug-likeness (QED) is 0.544. The van der Waals surface area contributed by atoms with Crippen LogP contribution in [-0.4, -0.2) is 31.1 Å². The Kier molecular flexibility index (Phi) is 4.68. The molecule has 8 heteroatoms. The molecular weight excluding hydrogens is 308 g/mol. The summed E-state index contributed by atoms with van der Waals surface area (Å²) in [4.78, 5) is 30.0. The Morgan fingerprint density at radius 3 is 2.00 bits per heavy atom. The van der Waals surface area contributed by atoms with Gasteiger partial charge in [0.05, 0.1) is 18.9 Å².